The summed E-state index contributed by atoms with van der Waals surface area (Å²) in [5.74, 6) is -0.0118. The van der Waals surface area contributed by atoms with E-state index >= 15 is 0 Å². The third-order valence-electron chi connectivity index (χ3n) is 3.64. The zero-order valence-electron chi connectivity index (χ0n) is 12.9. The molecule has 5 heteroatoms. The lowest BCUT2D eigenvalue weighted by molar-refractivity contribution is 0.0268. The van der Waals surface area contributed by atoms with Gasteiger partial charge in [0.15, 0.2) is 0 Å². The van der Waals surface area contributed by atoms with Crippen LogP contribution >= 0.6 is 0 Å². The predicted octanol–water partition coefficient (Wildman–Crippen LogP) is 2.56. The first-order valence-corrected chi connectivity index (χ1v) is 7.28. The Labute approximate surface area is 125 Å². The molecule has 2 atom stereocenters. The summed E-state index contributed by atoms with van der Waals surface area (Å²) in [6.45, 7) is 6.63. The van der Waals surface area contributed by atoms with Crippen LogP contribution in [0, 0.1) is 5.92 Å². The highest BCUT2D eigenvalue weighted by molar-refractivity contribution is 5.68. The number of carbonyl (C=O) groups is 1. The molecule has 3 N–H and O–H groups in total. The van der Waals surface area contributed by atoms with Crippen molar-refractivity contribution in [3.05, 3.63) is 29.8 Å². The van der Waals surface area contributed by atoms with E-state index in [4.69, 9.17) is 10.5 Å². The first kappa shape index (κ1) is 15.6. The molecule has 0 aliphatic carbocycles. The molecule has 0 saturated carbocycles. The number of nitrogen functional groups attached to an aromatic ring is 1. The highest BCUT2D eigenvalue weighted by Crippen LogP contribution is 2.33. The monoisotopic (exact) mass is 292 g/mol. The largest absolute Gasteiger partial charge is 0.444 e. The van der Waals surface area contributed by atoms with Gasteiger partial charge >= 0.3 is 6.09 Å². The number of hydrogen-bond acceptors (Lipinski definition) is 4. The van der Waals surface area contributed by atoms with Crippen molar-refractivity contribution >= 4 is 11.8 Å². The fraction of sp³-hybridized carbons (Fsp3) is 0.562. The van der Waals surface area contributed by atoms with Crippen LogP contribution < -0.4 is 5.73 Å². The predicted molar refractivity (Wildman–Crippen MR) is 81.7 cm³/mol. The van der Waals surface area contributed by atoms with E-state index in [1.807, 2.05) is 39.0 Å². The molecule has 116 valence electrons. The SMILES string of the molecule is CC(C)(C)OC(=O)N1CCC(C(O)c2ccccc2N)C1. The number of aliphatic hydroxyl groups is 1. The second kappa shape index (κ2) is 5.93. The van der Waals surface area contributed by atoms with E-state index in [-0.39, 0.29) is 12.0 Å². The summed E-state index contributed by atoms with van der Waals surface area (Å²) in [4.78, 5) is 13.7. The van der Waals surface area contributed by atoms with Crippen LogP contribution in [0.15, 0.2) is 24.3 Å². The number of rotatable bonds is 2. The number of ether oxygens (including phenoxy) is 1. The molecule has 1 aliphatic heterocycles. The van der Waals surface area contributed by atoms with Crippen molar-refractivity contribution in [1.82, 2.24) is 4.90 Å². The van der Waals surface area contributed by atoms with Crippen LogP contribution in [0.3, 0.4) is 0 Å². The molecule has 2 rings (SSSR count). The van der Waals surface area contributed by atoms with Crippen molar-refractivity contribution in [2.75, 3.05) is 18.8 Å². The molecule has 1 amide bonds. The van der Waals surface area contributed by atoms with Crippen LogP contribution in [0.25, 0.3) is 0 Å². The first-order valence-electron chi connectivity index (χ1n) is 7.28. The van der Waals surface area contributed by atoms with E-state index in [9.17, 15) is 9.90 Å². The lowest BCUT2D eigenvalue weighted by atomic mass is 9.94. The van der Waals surface area contributed by atoms with Gasteiger partial charge < -0.3 is 20.5 Å². The van der Waals surface area contributed by atoms with Gasteiger partial charge in [0, 0.05) is 30.3 Å². The quantitative estimate of drug-likeness (QED) is 0.821. The zero-order valence-corrected chi connectivity index (χ0v) is 12.9. The number of para-hydroxylation sites is 1. The van der Waals surface area contributed by atoms with E-state index in [1.54, 1.807) is 11.0 Å². The molecule has 1 aromatic rings. The fourth-order valence-corrected chi connectivity index (χ4v) is 2.57. The number of nitrogens with zero attached hydrogens (tertiary/aromatic N) is 1. The molecular formula is C16H24N2O3. The Hall–Kier alpha value is -1.75. The topological polar surface area (TPSA) is 75.8 Å². The Morgan fingerprint density at radius 1 is 1.43 bits per heavy atom. The Balaban J connectivity index is 1.99. The molecule has 0 spiro atoms. The number of carbonyl (C=O) groups excluding carboxylic acids is 1. The fourth-order valence-electron chi connectivity index (χ4n) is 2.57. The third-order valence-corrected chi connectivity index (χ3v) is 3.64. The minimum atomic E-state index is -0.654. The number of hydrogen-bond donors (Lipinski definition) is 2. The second-order valence-electron chi connectivity index (χ2n) is 6.55. The number of amides is 1. The summed E-state index contributed by atoms with van der Waals surface area (Å²) in [6, 6.07) is 7.30. The van der Waals surface area contributed by atoms with Gasteiger partial charge in [-0.05, 0) is 33.3 Å². The minimum Gasteiger partial charge on any atom is -0.444 e. The van der Waals surface area contributed by atoms with Gasteiger partial charge in [-0.15, -0.1) is 0 Å². The summed E-state index contributed by atoms with van der Waals surface area (Å²) in [5, 5.41) is 10.5. The van der Waals surface area contributed by atoms with Crippen LogP contribution in [-0.2, 0) is 4.74 Å². The minimum absolute atomic E-state index is 0.0118. The summed E-state index contributed by atoms with van der Waals surface area (Å²) >= 11 is 0. The molecule has 2 unspecified atom stereocenters. The van der Waals surface area contributed by atoms with E-state index in [0.29, 0.717) is 18.8 Å². The average Bonchev–Trinajstić information content (AvgIpc) is 2.86. The van der Waals surface area contributed by atoms with Crippen LogP contribution in [0.1, 0.15) is 38.9 Å². The molecule has 0 aromatic heterocycles. The average molecular weight is 292 g/mol. The molecule has 1 saturated heterocycles. The number of likely N-dealkylation sites (tertiary alicyclic amines) is 1. The molecule has 1 aliphatic rings. The summed E-state index contributed by atoms with van der Waals surface area (Å²) in [6.07, 6.45) is -0.230. The second-order valence-corrected chi connectivity index (χ2v) is 6.55. The summed E-state index contributed by atoms with van der Waals surface area (Å²) in [5.41, 5.74) is 6.71. The molecule has 1 aromatic carbocycles. The third kappa shape index (κ3) is 3.88. The normalized spacial score (nSPS) is 20.4. The van der Waals surface area contributed by atoms with Gasteiger partial charge in [-0.1, -0.05) is 18.2 Å². The van der Waals surface area contributed by atoms with Crippen molar-refractivity contribution in [1.29, 1.82) is 0 Å². The molecule has 0 bridgehead atoms. The van der Waals surface area contributed by atoms with Crippen LogP contribution in [0.4, 0.5) is 10.5 Å². The van der Waals surface area contributed by atoms with Crippen LogP contribution in [0.5, 0.6) is 0 Å². The maximum absolute atomic E-state index is 12.0. The van der Waals surface area contributed by atoms with Crippen molar-refractivity contribution in [3.8, 4) is 0 Å². The first-order chi connectivity index (χ1) is 9.78. The molecule has 1 heterocycles. The van der Waals surface area contributed by atoms with Gasteiger partial charge in [-0.2, -0.15) is 0 Å². The zero-order chi connectivity index (χ0) is 15.6. The summed E-state index contributed by atoms with van der Waals surface area (Å²) in [7, 11) is 0. The highest BCUT2D eigenvalue weighted by Gasteiger charge is 2.34. The standard InChI is InChI=1S/C16H24N2O3/c1-16(2,3)21-15(20)18-9-8-11(10-18)14(19)12-6-4-5-7-13(12)17/h4-7,11,14,19H,8-10,17H2,1-3H3. The molecule has 5 nitrogen and oxygen atoms in total. The summed E-state index contributed by atoms with van der Waals surface area (Å²) < 4.78 is 5.36. The van der Waals surface area contributed by atoms with E-state index in [0.717, 1.165) is 12.0 Å². The Morgan fingerprint density at radius 2 is 2.10 bits per heavy atom. The Kier molecular flexibility index (Phi) is 4.42. The lowest BCUT2D eigenvalue weighted by Crippen LogP contribution is -2.35. The lowest BCUT2D eigenvalue weighted by Gasteiger charge is -2.25. The van der Waals surface area contributed by atoms with Gasteiger partial charge in [0.1, 0.15) is 5.60 Å². The van der Waals surface area contributed by atoms with Crippen molar-refractivity contribution in [2.45, 2.75) is 38.9 Å². The van der Waals surface area contributed by atoms with Crippen LogP contribution in [-0.4, -0.2) is 34.8 Å². The molecule has 1 fully saturated rings. The highest BCUT2D eigenvalue weighted by atomic mass is 16.6. The molecule has 0 radical (unpaired) electrons. The van der Waals surface area contributed by atoms with Gasteiger partial charge in [0.2, 0.25) is 0 Å². The van der Waals surface area contributed by atoms with E-state index in [2.05, 4.69) is 0 Å². The van der Waals surface area contributed by atoms with Crippen molar-refractivity contribution in [3.63, 3.8) is 0 Å². The molecular weight excluding hydrogens is 268 g/mol. The van der Waals surface area contributed by atoms with Gasteiger partial charge in [0.05, 0.1) is 6.10 Å². The number of anilines is 1. The van der Waals surface area contributed by atoms with Gasteiger partial charge in [-0.3, -0.25) is 0 Å². The van der Waals surface area contributed by atoms with Gasteiger partial charge in [0.25, 0.3) is 0 Å². The maximum Gasteiger partial charge on any atom is 0.410 e. The van der Waals surface area contributed by atoms with E-state index < -0.39 is 11.7 Å². The number of benzene rings is 1. The van der Waals surface area contributed by atoms with Crippen molar-refractivity contribution < 1.29 is 14.6 Å². The van der Waals surface area contributed by atoms with E-state index in [1.165, 1.54) is 0 Å². The smallest absolute Gasteiger partial charge is 0.410 e. The Morgan fingerprint density at radius 3 is 2.71 bits per heavy atom. The number of nitrogens with two attached hydrogens (primary N) is 1. The van der Waals surface area contributed by atoms with Crippen molar-refractivity contribution in [2.24, 2.45) is 5.92 Å². The molecule has 21 heavy (non-hydrogen) atoms. The number of aliphatic hydroxyl groups excluding tert-OH is 1. The Bertz CT molecular complexity index is 510. The maximum atomic E-state index is 12.0. The van der Waals surface area contributed by atoms with Crippen LogP contribution in [0.2, 0.25) is 0 Å². The van der Waals surface area contributed by atoms with Gasteiger partial charge in [-0.25, -0.2) is 4.79 Å².